The molecule has 0 radical (unpaired) electrons. The van der Waals surface area contributed by atoms with Gasteiger partial charge in [0.2, 0.25) is 0 Å². The smallest absolute Gasteiger partial charge is 0.269 e. The van der Waals surface area contributed by atoms with E-state index in [9.17, 15) is 0 Å². The third-order valence-corrected chi connectivity index (χ3v) is 3.73. The summed E-state index contributed by atoms with van der Waals surface area (Å²) in [5.74, 6) is 1.42. The first-order chi connectivity index (χ1) is 8.69. The van der Waals surface area contributed by atoms with Gasteiger partial charge in [-0.1, -0.05) is 52.4 Å². The summed E-state index contributed by atoms with van der Waals surface area (Å²) in [5, 5.41) is 0. The van der Waals surface area contributed by atoms with E-state index in [0.717, 1.165) is 12.8 Å². The molecule has 3 heteroatoms. The molecule has 0 aliphatic heterocycles. The summed E-state index contributed by atoms with van der Waals surface area (Å²) >= 11 is 0. The van der Waals surface area contributed by atoms with Gasteiger partial charge in [-0.05, 0) is 0 Å². The molecule has 0 amide bonds. The van der Waals surface area contributed by atoms with Gasteiger partial charge in [0.1, 0.15) is 0 Å². The van der Waals surface area contributed by atoms with Gasteiger partial charge < -0.3 is 0 Å². The Labute approximate surface area is 163 Å². The minimum atomic E-state index is 0. The average molecular weight is 407 g/mol. The zero-order valence-electron chi connectivity index (χ0n) is 13.6. The molecule has 2 rings (SSSR count). The van der Waals surface area contributed by atoms with Gasteiger partial charge in [0.15, 0.2) is 0 Å². The average Bonchev–Trinajstić information content (AvgIpc) is 3.09. The molecule has 0 saturated heterocycles. The van der Waals surface area contributed by atoms with Gasteiger partial charge in [-0.25, -0.2) is 23.3 Å². The molecule has 0 nitrogen and oxygen atoms in total. The molecular formula is C18H28Cl2Zr. The van der Waals surface area contributed by atoms with Crippen LogP contribution in [-0.4, -0.2) is 0 Å². The Morgan fingerprint density at radius 3 is 1.38 bits per heavy atom. The van der Waals surface area contributed by atoms with Crippen molar-refractivity contribution in [1.82, 2.24) is 0 Å². The molecule has 0 heterocycles. The van der Waals surface area contributed by atoms with Gasteiger partial charge in [0, 0.05) is 0 Å². The van der Waals surface area contributed by atoms with Crippen LogP contribution in [0.2, 0.25) is 0 Å². The second-order valence-electron chi connectivity index (χ2n) is 5.10. The first kappa shape index (κ1) is 26.3. The molecule has 2 aliphatic rings. The van der Waals surface area contributed by atoms with Gasteiger partial charge in [0.05, 0.1) is 0 Å². The van der Waals surface area contributed by atoms with E-state index in [4.69, 9.17) is 0 Å². The third kappa shape index (κ3) is 9.93. The van der Waals surface area contributed by atoms with E-state index in [-0.39, 0.29) is 51.0 Å². The van der Waals surface area contributed by atoms with E-state index in [2.05, 4.69) is 64.2 Å². The van der Waals surface area contributed by atoms with Crippen molar-refractivity contribution in [1.29, 1.82) is 0 Å². The molecule has 0 saturated carbocycles. The minimum Gasteiger partial charge on any atom is -0.269 e. The number of allylic oxidation sites excluding steroid dienone is 8. The molecule has 0 aromatic heterocycles. The zero-order valence-corrected chi connectivity index (χ0v) is 17.7. The SMILES string of the molecule is CCC(C)C1=[C-]CC=C1.CCC(C)C1=[C-]CC=C1.Cl.Cl.[Zr+2]. The molecule has 0 N–H and O–H groups in total. The van der Waals surface area contributed by atoms with Crippen LogP contribution in [0.1, 0.15) is 53.4 Å². The van der Waals surface area contributed by atoms with Crippen LogP contribution in [0.3, 0.4) is 0 Å². The van der Waals surface area contributed by atoms with E-state index in [1.165, 1.54) is 24.0 Å². The maximum Gasteiger partial charge on any atom is 2.00 e. The van der Waals surface area contributed by atoms with E-state index in [1.54, 1.807) is 0 Å². The summed E-state index contributed by atoms with van der Waals surface area (Å²) in [6.07, 6.45) is 19.9. The van der Waals surface area contributed by atoms with Crippen LogP contribution in [0.25, 0.3) is 0 Å². The molecule has 0 aromatic rings. The Hall–Kier alpha value is 0.423. The monoisotopic (exact) mass is 404 g/mol. The van der Waals surface area contributed by atoms with E-state index in [1.807, 2.05) is 0 Å². The molecule has 2 aliphatic carbocycles. The van der Waals surface area contributed by atoms with Gasteiger partial charge in [0.25, 0.3) is 0 Å². The van der Waals surface area contributed by atoms with Crippen LogP contribution in [0.5, 0.6) is 0 Å². The maximum atomic E-state index is 3.31. The van der Waals surface area contributed by atoms with Gasteiger partial charge in [-0.3, -0.25) is 12.2 Å². The molecule has 0 aromatic carbocycles. The minimum absolute atomic E-state index is 0. The Kier molecular flexibility index (Phi) is 19.2. The molecule has 0 spiro atoms. The predicted octanol–water partition coefficient (Wildman–Crippen LogP) is 6.29. The van der Waals surface area contributed by atoms with Gasteiger partial charge in [-0.15, -0.1) is 37.7 Å². The first-order valence-electron chi connectivity index (χ1n) is 7.23. The normalized spacial score (nSPS) is 17.1. The Balaban J connectivity index is -0.000000270. The molecule has 2 unspecified atom stereocenters. The second-order valence-corrected chi connectivity index (χ2v) is 5.10. The number of hydrogen-bond acceptors (Lipinski definition) is 0. The number of rotatable bonds is 4. The summed E-state index contributed by atoms with van der Waals surface area (Å²) in [6, 6.07) is 0. The first-order valence-corrected chi connectivity index (χ1v) is 7.23. The van der Waals surface area contributed by atoms with Crippen molar-refractivity contribution in [2.45, 2.75) is 53.4 Å². The number of hydrogen-bond donors (Lipinski definition) is 0. The van der Waals surface area contributed by atoms with E-state index < -0.39 is 0 Å². The van der Waals surface area contributed by atoms with Crippen molar-refractivity contribution >= 4 is 24.8 Å². The summed E-state index contributed by atoms with van der Waals surface area (Å²) in [7, 11) is 0. The van der Waals surface area contributed by atoms with Crippen molar-refractivity contribution in [3.05, 3.63) is 47.6 Å². The molecule has 118 valence electrons. The molecule has 21 heavy (non-hydrogen) atoms. The summed E-state index contributed by atoms with van der Waals surface area (Å²) < 4.78 is 0. The largest absolute Gasteiger partial charge is 2.00 e. The topological polar surface area (TPSA) is 0 Å². The van der Waals surface area contributed by atoms with Crippen molar-refractivity contribution in [2.75, 3.05) is 0 Å². The maximum absolute atomic E-state index is 3.31. The Morgan fingerprint density at radius 1 is 0.857 bits per heavy atom. The van der Waals surface area contributed by atoms with Crippen molar-refractivity contribution in [3.8, 4) is 0 Å². The number of halogens is 2. The van der Waals surface area contributed by atoms with Gasteiger partial charge in [-0.2, -0.15) is 12.2 Å². The zero-order chi connectivity index (χ0) is 13.4. The van der Waals surface area contributed by atoms with Crippen LogP contribution < -0.4 is 0 Å². The standard InChI is InChI=1S/2C9H13.2ClH.Zr/c2*1-3-8(2)9-6-4-5-7-9;;;/h2*4,6,8H,3,5H2,1-2H3;2*1H;/q2*-1;;;+2. The predicted molar refractivity (Wildman–Crippen MR) is 94.4 cm³/mol. The fraction of sp³-hybridized carbons (Fsp3) is 0.556. The van der Waals surface area contributed by atoms with Crippen LogP contribution in [0.15, 0.2) is 35.5 Å². The summed E-state index contributed by atoms with van der Waals surface area (Å²) in [5.41, 5.74) is 2.80. The van der Waals surface area contributed by atoms with Crippen molar-refractivity contribution < 1.29 is 26.2 Å². The fourth-order valence-corrected chi connectivity index (χ4v) is 1.96. The van der Waals surface area contributed by atoms with E-state index >= 15 is 0 Å². The van der Waals surface area contributed by atoms with Crippen LogP contribution in [0.4, 0.5) is 0 Å². The molecule has 2 atom stereocenters. The molecular weight excluding hydrogens is 378 g/mol. The third-order valence-electron chi connectivity index (χ3n) is 3.73. The van der Waals surface area contributed by atoms with E-state index in [0.29, 0.717) is 11.8 Å². The summed E-state index contributed by atoms with van der Waals surface area (Å²) in [6.45, 7) is 8.92. The Bertz CT molecular complexity index is 331. The fourth-order valence-electron chi connectivity index (χ4n) is 1.96. The molecule has 0 fully saturated rings. The molecule has 0 bridgehead atoms. The van der Waals surface area contributed by atoms with Crippen molar-refractivity contribution in [2.24, 2.45) is 11.8 Å². The summed E-state index contributed by atoms with van der Waals surface area (Å²) in [4.78, 5) is 0. The van der Waals surface area contributed by atoms with Crippen LogP contribution >= 0.6 is 24.8 Å². The van der Waals surface area contributed by atoms with Crippen LogP contribution in [0, 0.1) is 24.0 Å². The Morgan fingerprint density at radius 2 is 1.19 bits per heavy atom. The van der Waals surface area contributed by atoms with Gasteiger partial charge >= 0.3 is 26.2 Å². The van der Waals surface area contributed by atoms with Crippen LogP contribution in [-0.2, 0) is 26.2 Å². The quantitative estimate of drug-likeness (QED) is 0.482. The van der Waals surface area contributed by atoms with Crippen molar-refractivity contribution in [3.63, 3.8) is 0 Å². The second kappa shape index (κ2) is 15.3.